The fraction of sp³-hybridized carbons (Fsp3) is 0.190. The van der Waals surface area contributed by atoms with Crippen molar-refractivity contribution in [3.8, 4) is 0 Å². The van der Waals surface area contributed by atoms with Crippen LogP contribution in [-0.4, -0.2) is 29.5 Å². The summed E-state index contributed by atoms with van der Waals surface area (Å²) in [6, 6.07) is 18.5. The minimum Gasteiger partial charge on any atom is -0.466 e. The van der Waals surface area contributed by atoms with Crippen molar-refractivity contribution in [2.24, 2.45) is 0 Å². The molecule has 0 bridgehead atoms. The summed E-state index contributed by atoms with van der Waals surface area (Å²) in [4.78, 5) is 16.9. The quantitative estimate of drug-likeness (QED) is 0.526. The zero-order valence-corrected chi connectivity index (χ0v) is 14.3. The zero-order valence-electron chi connectivity index (χ0n) is 14.3. The van der Waals surface area contributed by atoms with Crippen LogP contribution in [0.4, 0.5) is 0 Å². The van der Waals surface area contributed by atoms with Crippen LogP contribution in [0.2, 0.25) is 0 Å². The normalized spacial score (nSPS) is 11.1. The number of aromatic nitrogens is 1. The average molecular weight is 334 g/mol. The molecule has 0 radical (unpaired) electrons. The summed E-state index contributed by atoms with van der Waals surface area (Å²) >= 11 is 0. The predicted octanol–water partition coefficient (Wildman–Crippen LogP) is 3.90. The van der Waals surface area contributed by atoms with Crippen molar-refractivity contribution >= 4 is 16.9 Å². The molecule has 0 aliphatic carbocycles. The van der Waals surface area contributed by atoms with E-state index in [-0.39, 0.29) is 5.97 Å². The molecule has 0 spiro atoms. The maximum Gasteiger partial charge on any atom is 0.331 e. The molecule has 3 rings (SSSR count). The largest absolute Gasteiger partial charge is 0.466 e. The Balaban J connectivity index is 1.72. The number of fused-ring (bicyclic) bond motifs is 1. The zero-order chi connectivity index (χ0) is 17.5. The minimum absolute atomic E-state index is 0.342. The number of benzene rings is 2. The Labute approximate surface area is 147 Å². The topological polar surface area (TPSA) is 45.3 Å². The van der Waals surface area contributed by atoms with Crippen LogP contribution < -0.4 is 0 Å². The number of hydrogen-bond donors (Lipinski definition) is 1. The molecule has 1 aromatic heterocycles. The van der Waals surface area contributed by atoms with E-state index in [4.69, 9.17) is 4.74 Å². The van der Waals surface area contributed by atoms with Gasteiger partial charge in [0.05, 0.1) is 7.11 Å². The van der Waals surface area contributed by atoms with E-state index in [1.807, 2.05) is 30.5 Å². The van der Waals surface area contributed by atoms with Crippen molar-refractivity contribution in [1.82, 2.24) is 9.88 Å². The maximum atomic E-state index is 11.4. The van der Waals surface area contributed by atoms with Gasteiger partial charge in [-0.15, -0.1) is 0 Å². The first-order valence-electron chi connectivity index (χ1n) is 8.35. The van der Waals surface area contributed by atoms with E-state index in [0.29, 0.717) is 0 Å². The minimum atomic E-state index is -0.342. The van der Waals surface area contributed by atoms with Gasteiger partial charge in [0.15, 0.2) is 0 Å². The lowest BCUT2D eigenvalue weighted by atomic mass is 10.1. The number of H-pyrrole nitrogens is 1. The molecular weight excluding hydrogens is 312 g/mol. The SMILES string of the molecule is COC(=O)/C=C/N(CCc1c[nH]c2ccccc12)Cc1ccccc1. The monoisotopic (exact) mass is 334 g/mol. The highest BCUT2D eigenvalue weighted by atomic mass is 16.5. The van der Waals surface area contributed by atoms with Crippen LogP contribution in [0.3, 0.4) is 0 Å². The summed E-state index contributed by atoms with van der Waals surface area (Å²) in [6.45, 7) is 1.56. The summed E-state index contributed by atoms with van der Waals surface area (Å²) in [5, 5.41) is 1.25. The number of aromatic amines is 1. The summed E-state index contributed by atoms with van der Waals surface area (Å²) in [7, 11) is 1.39. The predicted molar refractivity (Wildman–Crippen MR) is 100 cm³/mol. The van der Waals surface area contributed by atoms with Crippen molar-refractivity contribution in [2.45, 2.75) is 13.0 Å². The van der Waals surface area contributed by atoms with Crippen LogP contribution in [0.1, 0.15) is 11.1 Å². The molecule has 1 N–H and O–H groups in total. The van der Waals surface area contributed by atoms with Gasteiger partial charge < -0.3 is 14.6 Å². The van der Waals surface area contributed by atoms with Crippen molar-refractivity contribution in [2.75, 3.05) is 13.7 Å². The highest BCUT2D eigenvalue weighted by Gasteiger charge is 2.07. The molecule has 4 heteroatoms. The molecule has 4 nitrogen and oxygen atoms in total. The lowest BCUT2D eigenvalue weighted by Crippen LogP contribution is -2.20. The summed E-state index contributed by atoms with van der Waals surface area (Å²) in [5.74, 6) is -0.342. The van der Waals surface area contributed by atoms with Crippen LogP contribution in [0.5, 0.6) is 0 Å². The van der Waals surface area contributed by atoms with Gasteiger partial charge in [-0.3, -0.25) is 0 Å². The Bertz CT molecular complexity index is 852. The fourth-order valence-electron chi connectivity index (χ4n) is 2.86. The average Bonchev–Trinajstić information content (AvgIpc) is 3.07. The highest BCUT2D eigenvalue weighted by molar-refractivity contribution is 5.83. The van der Waals surface area contributed by atoms with Gasteiger partial charge in [0.1, 0.15) is 0 Å². The molecule has 0 amide bonds. The van der Waals surface area contributed by atoms with Crippen LogP contribution in [0.15, 0.2) is 73.1 Å². The van der Waals surface area contributed by atoms with Gasteiger partial charge in [0.2, 0.25) is 0 Å². The number of carbonyl (C=O) groups excluding carboxylic acids is 1. The van der Waals surface area contributed by atoms with Crippen molar-refractivity contribution < 1.29 is 9.53 Å². The van der Waals surface area contributed by atoms with Gasteiger partial charge in [-0.1, -0.05) is 48.5 Å². The van der Waals surface area contributed by atoms with E-state index in [0.717, 1.165) is 25.0 Å². The Hall–Kier alpha value is -3.01. The van der Waals surface area contributed by atoms with Crippen molar-refractivity contribution in [3.05, 3.63) is 84.2 Å². The van der Waals surface area contributed by atoms with Crippen LogP contribution in [0.25, 0.3) is 10.9 Å². The molecule has 128 valence electrons. The van der Waals surface area contributed by atoms with Gasteiger partial charge in [-0.2, -0.15) is 0 Å². The second kappa shape index (κ2) is 8.20. The number of ether oxygens (including phenoxy) is 1. The number of hydrogen-bond acceptors (Lipinski definition) is 3. The molecule has 2 aromatic carbocycles. The summed E-state index contributed by atoms with van der Waals surface area (Å²) < 4.78 is 4.70. The standard InChI is InChI=1S/C21H22N2O2/c1-25-21(24)12-14-23(16-17-7-3-2-4-8-17)13-11-18-15-22-20-10-6-5-9-19(18)20/h2-10,12,14-15,22H,11,13,16H2,1H3/b14-12+. The molecule has 0 saturated carbocycles. The number of esters is 1. The molecule has 0 unspecified atom stereocenters. The first kappa shape index (κ1) is 16.8. The highest BCUT2D eigenvalue weighted by Crippen LogP contribution is 2.18. The molecule has 0 saturated heterocycles. The number of carbonyl (C=O) groups is 1. The molecule has 0 aliphatic rings. The molecule has 3 aromatic rings. The molecule has 25 heavy (non-hydrogen) atoms. The van der Waals surface area contributed by atoms with Gasteiger partial charge >= 0.3 is 5.97 Å². The van der Waals surface area contributed by atoms with E-state index in [1.54, 1.807) is 0 Å². The lowest BCUT2D eigenvalue weighted by molar-refractivity contribution is -0.134. The number of nitrogens with one attached hydrogen (secondary N) is 1. The van der Waals surface area contributed by atoms with Gasteiger partial charge in [0.25, 0.3) is 0 Å². The van der Waals surface area contributed by atoms with Crippen molar-refractivity contribution in [3.63, 3.8) is 0 Å². The van der Waals surface area contributed by atoms with E-state index in [1.165, 1.54) is 29.7 Å². The lowest BCUT2D eigenvalue weighted by Gasteiger charge is -2.20. The maximum absolute atomic E-state index is 11.4. The van der Waals surface area contributed by atoms with E-state index >= 15 is 0 Å². The van der Waals surface area contributed by atoms with Gasteiger partial charge in [-0.05, 0) is 23.6 Å². The summed E-state index contributed by atoms with van der Waals surface area (Å²) in [5.41, 5.74) is 3.63. The number of rotatable bonds is 7. The second-order valence-corrected chi connectivity index (χ2v) is 5.90. The molecular formula is C21H22N2O2. The Kier molecular flexibility index (Phi) is 5.52. The molecule has 1 heterocycles. The number of para-hydroxylation sites is 1. The third kappa shape index (κ3) is 4.51. The van der Waals surface area contributed by atoms with Crippen LogP contribution in [0, 0.1) is 0 Å². The summed E-state index contributed by atoms with van der Waals surface area (Å²) in [6.07, 6.45) is 6.24. The third-order valence-electron chi connectivity index (χ3n) is 4.19. The molecule has 0 atom stereocenters. The smallest absolute Gasteiger partial charge is 0.331 e. The Morgan fingerprint density at radius 3 is 2.68 bits per heavy atom. The number of nitrogens with zero attached hydrogens (tertiary/aromatic N) is 1. The van der Waals surface area contributed by atoms with Gasteiger partial charge in [-0.25, -0.2) is 4.79 Å². The fourth-order valence-corrected chi connectivity index (χ4v) is 2.86. The van der Waals surface area contributed by atoms with E-state index in [9.17, 15) is 4.79 Å². The molecule has 0 aliphatic heterocycles. The van der Waals surface area contributed by atoms with Crippen LogP contribution >= 0.6 is 0 Å². The second-order valence-electron chi connectivity index (χ2n) is 5.90. The third-order valence-corrected chi connectivity index (χ3v) is 4.19. The first-order valence-corrected chi connectivity index (χ1v) is 8.35. The van der Waals surface area contributed by atoms with Gasteiger partial charge in [0, 0.05) is 42.5 Å². The van der Waals surface area contributed by atoms with Crippen LogP contribution in [-0.2, 0) is 22.5 Å². The van der Waals surface area contributed by atoms with E-state index in [2.05, 4.69) is 46.4 Å². The molecule has 0 fully saturated rings. The first-order chi connectivity index (χ1) is 12.3. The van der Waals surface area contributed by atoms with E-state index < -0.39 is 0 Å². The van der Waals surface area contributed by atoms with Crippen molar-refractivity contribution in [1.29, 1.82) is 0 Å². The Morgan fingerprint density at radius 1 is 1.12 bits per heavy atom. The number of methoxy groups -OCH3 is 1. The Morgan fingerprint density at radius 2 is 1.88 bits per heavy atom.